The van der Waals surface area contributed by atoms with Gasteiger partial charge >= 0.3 is 0 Å². The number of halogens is 2. The molecule has 1 amide bonds. The Hall–Kier alpha value is -4.47. The van der Waals surface area contributed by atoms with E-state index in [-0.39, 0.29) is 28.2 Å². The zero-order valence-electron chi connectivity index (χ0n) is 16.1. The molecule has 1 unspecified atom stereocenters. The molecule has 0 radical (unpaired) electrons. The van der Waals surface area contributed by atoms with Crippen LogP contribution in [0.3, 0.4) is 0 Å². The van der Waals surface area contributed by atoms with Crippen LogP contribution in [-0.2, 0) is 9.59 Å². The number of pyridine rings is 1. The molecule has 1 atom stereocenters. The van der Waals surface area contributed by atoms with Gasteiger partial charge in [0.25, 0.3) is 17.4 Å². The van der Waals surface area contributed by atoms with Crippen molar-refractivity contribution >= 4 is 28.8 Å². The van der Waals surface area contributed by atoms with E-state index in [9.17, 15) is 33.6 Å². The van der Waals surface area contributed by atoms with Crippen molar-refractivity contribution < 1.29 is 28.4 Å². The summed E-state index contributed by atoms with van der Waals surface area (Å²) in [7, 11) is 0. The van der Waals surface area contributed by atoms with Crippen molar-refractivity contribution in [3.8, 4) is 0 Å². The average Bonchev–Trinajstić information content (AvgIpc) is 3.06. The van der Waals surface area contributed by atoms with E-state index in [1.54, 1.807) is 12.1 Å². The molecule has 10 heteroatoms. The second kappa shape index (κ2) is 7.99. The molecule has 0 aliphatic carbocycles. The largest absolute Gasteiger partial charge is 0.507 e. The molecule has 0 spiro atoms. The van der Waals surface area contributed by atoms with Gasteiger partial charge in [-0.3, -0.25) is 29.6 Å². The molecule has 32 heavy (non-hydrogen) atoms. The van der Waals surface area contributed by atoms with Crippen molar-refractivity contribution in [1.29, 1.82) is 0 Å². The molecule has 1 aliphatic rings. The minimum Gasteiger partial charge on any atom is -0.507 e. The van der Waals surface area contributed by atoms with Crippen molar-refractivity contribution in [1.82, 2.24) is 4.98 Å². The fourth-order valence-corrected chi connectivity index (χ4v) is 3.45. The number of nitro groups is 1. The van der Waals surface area contributed by atoms with E-state index in [1.165, 1.54) is 24.4 Å². The van der Waals surface area contributed by atoms with Crippen molar-refractivity contribution in [2.45, 2.75) is 6.04 Å². The molecule has 1 aromatic heterocycles. The highest BCUT2D eigenvalue weighted by atomic mass is 19.2. The van der Waals surface area contributed by atoms with Crippen LogP contribution in [0.15, 0.2) is 72.4 Å². The van der Waals surface area contributed by atoms with Crippen LogP contribution in [0, 0.1) is 21.7 Å². The number of aromatic nitrogens is 1. The van der Waals surface area contributed by atoms with Crippen molar-refractivity contribution in [3.05, 3.63) is 105 Å². The van der Waals surface area contributed by atoms with Gasteiger partial charge in [-0.25, -0.2) is 8.78 Å². The molecule has 1 fully saturated rings. The Labute approximate surface area is 179 Å². The highest BCUT2D eigenvalue weighted by molar-refractivity contribution is 6.51. The highest BCUT2D eigenvalue weighted by Crippen LogP contribution is 2.41. The number of non-ortho nitro benzene ring substituents is 1. The molecule has 160 valence electrons. The van der Waals surface area contributed by atoms with E-state index in [2.05, 4.69) is 4.98 Å². The van der Waals surface area contributed by atoms with Gasteiger partial charge in [-0.15, -0.1) is 0 Å². The predicted octanol–water partition coefficient (Wildman–Crippen LogP) is 3.89. The molecule has 1 N–H and O–H groups in total. The lowest BCUT2D eigenvalue weighted by atomic mass is 9.98. The summed E-state index contributed by atoms with van der Waals surface area (Å²) in [5, 5.41) is 21.8. The van der Waals surface area contributed by atoms with Gasteiger partial charge in [-0.2, -0.15) is 0 Å². The quantitative estimate of drug-likeness (QED) is 0.218. The van der Waals surface area contributed by atoms with Crippen LogP contribution in [0.1, 0.15) is 17.3 Å². The number of carbonyl (C=O) groups is 2. The maximum atomic E-state index is 13.9. The number of aliphatic hydroxyl groups is 1. The first-order valence-electron chi connectivity index (χ1n) is 9.21. The molecule has 4 rings (SSSR count). The smallest absolute Gasteiger partial charge is 0.300 e. The Kier molecular flexibility index (Phi) is 5.19. The Morgan fingerprint density at radius 2 is 1.75 bits per heavy atom. The summed E-state index contributed by atoms with van der Waals surface area (Å²) in [5.41, 5.74) is -0.429. The SMILES string of the molecule is O=C1C(=O)N(c2ccc(F)c(F)c2)C(c2ccccn2)/C1=C(\O)c1ccc([N+](=O)[O-])cc1. The normalized spacial score (nSPS) is 17.6. The fourth-order valence-electron chi connectivity index (χ4n) is 3.45. The molecule has 0 bridgehead atoms. The first-order valence-corrected chi connectivity index (χ1v) is 9.21. The predicted molar refractivity (Wildman–Crippen MR) is 108 cm³/mol. The Balaban J connectivity index is 1.91. The number of nitrogens with zero attached hydrogens (tertiary/aromatic N) is 3. The summed E-state index contributed by atoms with van der Waals surface area (Å²) >= 11 is 0. The molecule has 1 saturated heterocycles. The molecule has 2 aromatic carbocycles. The number of aliphatic hydroxyl groups excluding tert-OH is 1. The first-order chi connectivity index (χ1) is 15.3. The van der Waals surface area contributed by atoms with E-state index in [0.717, 1.165) is 35.2 Å². The molecule has 0 saturated carbocycles. The van der Waals surface area contributed by atoms with Crippen LogP contribution < -0.4 is 4.90 Å². The zero-order valence-corrected chi connectivity index (χ0v) is 16.1. The highest BCUT2D eigenvalue weighted by Gasteiger charge is 2.47. The number of anilines is 1. The number of ketones is 1. The van der Waals surface area contributed by atoms with Gasteiger partial charge in [0.15, 0.2) is 11.6 Å². The molecule has 1 aliphatic heterocycles. The van der Waals surface area contributed by atoms with Gasteiger partial charge in [0.05, 0.1) is 16.2 Å². The fraction of sp³-hybridized carbons (Fsp3) is 0.0455. The summed E-state index contributed by atoms with van der Waals surface area (Å²) in [6.45, 7) is 0. The standard InChI is InChI=1S/C22H13F2N3O5/c23-15-9-8-14(11-16(15)24)26-19(17-3-1-2-10-25-17)18(21(29)22(26)30)20(28)12-4-6-13(7-5-12)27(31)32/h1-11,19,28H/b20-18+. The number of carbonyl (C=O) groups excluding carboxylic acids is 2. The summed E-state index contributed by atoms with van der Waals surface area (Å²) in [4.78, 5) is 41.1. The second-order valence-corrected chi connectivity index (χ2v) is 6.83. The minimum absolute atomic E-state index is 0.0554. The van der Waals surface area contributed by atoms with Crippen LogP contribution in [0.4, 0.5) is 20.2 Å². The molecular formula is C22H13F2N3O5. The molecule has 8 nitrogen and oxygen atoms in total. The third-order valence-corrected chi connectivity index (χ3v) is 4.95. The van der Waals surface area contributed by atoms with E-state index in [4.69, 9.17) is 0 Å². The van der Waals surface area contributed by atoms with Gasteiger partial charge in [-0.1, -0.05) is 6.07 Å². The third-order valence-electron chi connectivity index (χ3n) is 4.95. The Bertz CT molecular complexity index is 1280. The first kappa shape index (κ1) is 20.8. The summed E-state index contributed by atoms with van der Waals surface area (Å²) in [6, 6.07) is 10.9. The topological polar surface area (TPSA) is 114 Å². The Morgan fingerprint density at radius 3 is 2.34 bits per heavy atom. The van der Waals surface area contributed by atoms with Crippen LogP contribution in [-0.4, -0.2) is 26.7 Å². The number of hydrogen-bond acceptors (Lipinski definition) is 6. The summed E-state index contributed by atoms with van der Waals surface area (Å²) in [6.07, 6.45) is 1.41. The van der Waals surface area contributed by atoms with Gasteiger partial charge in [0.2, 0.25) is 0 Å². The van der Waals surface area contributed by atoms with E-state index >= 15 is 0 Å². The van der Waals surface area contributed by atoms with Crippen molar-refractivity contribution in [3.63, 3.8) is 0 Å². The number of rotatable bonds is 4. The maximum absolute atomic E-state index is 13.9. The van der Waals surface area contributed by atoms with Gasteiger partial charge < -0.3 is 5.11 Å². The number of amides is 1. The Morgan fingerprint density at radius 1 is 1.03 bits per heavy atom. The number of Topliss-reactive ketones (excluding diaryl/α,β-unsaturated/α-hetero) is 1. The van der Waals surface area contributed by atoms with Gasteiger partial charge in [0, 0.05) is 35.6 Å². The summed E-state index contributed by atoms with van der Waals surface area (Å²) in [5.74, 6) is -5.08. The molecule has 2 heterocycles. The van der Waals surface area contributed by atoms with Crippen LogP contribution in [0.2, 0.25) is 0 Å². The number of hydrogen-bond donors (Lipinski definition) is 1. The monoisotopic (exact) mass is 437 g/mol. The van der Waals surface area contributed by atoms with Crippen molar-refractivity contribution in [2.75, 3.05) is 4.90 Å². The number of nitro benzene ring substituents is 1. The van der Waals surface area contributed by atoms with Crippen LogP contribution in [0.25, 0.3) is 5.76 Å². The van der Waals surface area contributed by atoms with Gasteiger partial charge in [-0.05, 0) is 36.4 Å². The van der Waals surface area contributed by atoms with Gasteiger partial charge in [0.1, 0.15) is 11.8 Å². The number of benzene rings is 2. The zero-order chi connectivity index (χ0) is 23.0. The summed E-state index contributed by atoms with van der Waals surface area (Å²) < 4.78 is 27.3. The third kappa shape index (κ3) is 3.47. The lowest BCUT2D eigenvalue weighted by molar-refractivity contribution is -0.384. The van der Waals surface area contributed by atoms with Crippen LogP contribution >= 0.6 is 0 Å². The van der Waals surface area contributed by atoms with Crippen LogP contribution in [0.5, 0.6) is 0 Å². The van der Waals surface area contributed by atoms with E-state index in [0.29, 0.717) is 0 Å². The van der Waals surface area contributed by atoms with Crippen molar-refractivity contribution in [2.24, 2.45) is 0 Å². The lowest BCUT2D eigenvalue weighted by Gasteiger charge is -2.24. The average molecular weight is 437 g/mol. The molecule has 3 aromatic rings. The minimum atomic E-state index is -1.24. The molecular weight excluding hydrogens is 424 g/mol. The maximum Gasteiger partial charge on any atom is 0.300 e. The second-order valence-electron chi connectivity index (χ2n) is 6.83. The lowest BCUT2D eigenvalue weighted by Crippen LogP contribution is -2.30. The van der Waals surface area contributed by atoms with E-state index in [1.807, 2.05) is 0 Å². The van der Waals surface area contributed by atoms with E-state index < -0.39 is 40.0 Å².